The van der Waals surface area contributed by atoms with Crippen LogP contribution in [0.25, 0.3) is 0 Å². The van der Waals surface area contributed by atoms with Gasteiger partial charge in [0, 0.05) is 13.1 Å². The van der Waals surface area contributed by atoms with Gasteiger partial charge in [-0.3, -0.25) is 4.79 Å². The van der Waals surface area contributed by atoms with Crippen molar-refractivity contribution in [3.63, 3.8) is 0 Å². The van der Waals surface area contributed by atoms with Gasteiger partial charge in [-0.1, -0.05) is 18.2 Å². The van der Waals surface area contributed by atoms with Crippen LogP contribution < -0.4 is 15.4 Å². The van der Waals surface area contributed by atoms with E-state index in [9.17, 15) is 9.59 Å². The molecule has 0 aliphatic rings. The van der Waals surface area contributed by atoms with Gasteiger partial charge in [0.25, 0.3) is 0 Å². The van der Waals surface area contributed by atoms with Crippen LogP contribution >= 0.6 is 0 Å². The maximum Gasteiger partial charge on any atom is 0.314 e. The number of hydrogen-bond acceptors (Lipinski definition) is 3. The number of nitrogens with one attached hydrogen (secondary N) is 2. The lowest BCUT2D eigenvalue weighted by Crippen LogP contribution is -2.43. The molecular formula is C15H22N2O4. The van der Waals surface area contributed by atoms with Crippen LogP contribution in [0.1, 0.15) is 19.4 Å². The fourth-order valence-electron chi connectivity index (χ4n) is 1.66. The van der Waals surface area contributed by atoms with Crippen LogP contribution in [0, 0.1) is 5.41 Å². The number of benzene rings is 1. The molecule has 21 heavy (non-hydrogen) atoms. The number of aliphatic carboxylic acids is 1. The highest BCUT2D eigenvalue weighted by molar-refractivity contribution is 5.77. The topological polar surface area (TPSA) is 87.7 Å². The Kier molecular flexibility index (Phi) is 6.02. The van der Waals surface area contributed by atoms with Crippen molar-refractivity contribution in [2.45, 2.75) is 20.3 Å². The average Bonchev–Trinajstić information content (AvgIpc) is 2.45. The zero-order valence-corrected chi connectivity index (χ0v) is 12.6. The lowest BCUT2D eigenvalue weighted by atomic mass is 9.94. The molecule has 0 radical (unpaired) electrons. The molecule has 116 valence electrons. The van der Waals surface area contributed by atoms with E-state index in [0.29, 0.717) is 13.0 Å². The summed E-state index contributed by atoms with van der Waals surface area (Å²) < 4.78 is 5.23. The van der Waals surface area contributed by atoms with Gasteiger partial charge < -0.3 is 20.5 Å². The fourth-order valence-corrected chi connectivity index (χ4v) is 1.66. The number of rotatable bonds is 7. The van der Waals surface area contributed by atoms with Crippen molar-refractivity contribution in [1.29, 1.82) is 0 Å². The van der Waals surface area contributed by atoms with Crippen LogP contribution in [0.2, 0.25) is 0 Å². The molecule has 0 atom stereocenters. The first-order valence-corrected chi connectivity index (χ1v) is 6.74. The zero-order valence-electron chi connectivity index (χ0n) is 12.6. The molecule has 1 aromatic carbocycles. The van der Waals surface area contributed by atoms with Crippen molar-refractivity contribution in [2.75, 3.05) is 20.2 Å². The van der Waals surface area contributed by atoms with E-state index in [-0.39, 0.29) is 12.6 Å². The summed E-state index contributed by atoms with van der Waals surface area (Å²) in [5.74, 6) is -0.163. The van der Waals surface area contributed by atoms with Crippen LogP contribution in [0.3, 0.4) is 0 Å². The second kappa shape index (κ2) is 7.52. The molecule has 0 unspecified atom stereocenters. The number of ether oxygens (including phenoxy) is 1. The number of carboxylic acids is 1. The summed E-state index contributed by atoms with van der Waals surface area (Å²) in [4.78, 5) is 22.5. The van der Waals surface area contributed by atoms with Gasteiger partial charge in [0.2, 0.25) is 0 Å². The summed E-state index contributed by atoms with van der Waals surface area (Å²) in [5, 5.41) is 14.2. The van der Waals surface area contributed by atoms with Gasteiger partial charge in [-0.05, 0) is 31.9 Å². The van der Waals surface area contributed by atoms with Crippen LogP contribution in [-0.4, -0.2) is 37.3 Å². The van der Waals surface area contributed by atoms with E-state index < -0.39 is 11.4 Å². The first kappa shape index (κ1) is 16.8. The smallest absolute Gasteiger partial charge is 0.314 e. The number of carboxylic acid groups (broad SMARTS) is 1. The van der Waals surface area contributed by atoms with Crippen molar-refractivity contribution in [2.24, 2.45) is 5.41 Å². The van der Waals surface area contributed by atoms with Crippen LogP contribution in [0.15, 0.2) is 24.3 Å². The van der Waals surface area contributed by atoms with E-state index in [2.05, 4.69) is 10.6 Å². The van der Waals surface area contributed by atoms with Gasteiger partial charge >= 0.3 is 12.0 Å². The predicted octanol–water partition coefficient (Wildman–Crippen LogP) is 1.65. The molecule has 3 N–H and O–H groups in total. The Bertz CT molecular complexity index is 500. The molecule has 1 rings (SSSR count). The Hall–Kier alpha value is -2.24. The molecule has 0 saturated carbocycles. The second-order valence-electron chi connectivity index (χ2n) is 5.36. The van der Waals surface area contributed by atoms with Gasteiger partial charge in [-0.2, -0.15) is 0 Å². The molecule has 0 fully saturated rings. The predicted molar refractivity (Wildman–Crippen MR) is 79.5 cm³/mol. The molecule has 6 nitrogen and oxygen atoms in total. The molecule has 6 heteroatoms. The third-order valence-corrected chi connectivity index (χ3v) is 3.14. The highest BCUT2D eigenvalue weighted by atomic mass is 16.5. The Labute approximate surface area is 124 Å². The summed E-state index contributed by atoms with van der Waals surface area (Å²) in [6, 6.07) is 7.22. The van der Waals surface area contributed by atoms with Crippen molar-refractivity contribution in [3.05, 3.63) is 29.8 Å². The van der Waals surface area contributed by atoms with Crippen molar-refractivity contribution < 1.29 is 19.4 Å². The molecule has 0 heterocycles. The second-order valence-corrected chi connectivity index (χ2v) is 5.36. The Morgan fingerprint density at radius 1 is 1.24 bits per heavy atom. The minimum Gasteiger partial charge on any atom is -0.496 e. The maximum atomic E-state index is 11.6. The molecule has 1 aromatic rings. The van der Waals surface area contributed by atoms with Gasteiger partial charge in [-0.15, -0.1) is 0 Å². The minimum atomic E-state index is -0.986. The lowest BCUT2D eigenvalue weighted by Gasteiger charge is -2.19. The molecular weight excluding hydrogens is 272 g/mol. The monoisotopic (exact) mass is 294 g/mol. The number of urea groups is 1. The summed E-state index contributed by atoms with van der Waals surface area (Å²) in [6.07, 6.45) is 0.639. The Balaban J connectivity index is 2.36. The van der Waals surface area contributed by atoms with Gasteiger partial charge in [0.05, 0.1) is 12.5 Å². The molecule has 0 bridgehead atoms. The third-order valence-electron chi connectivity index (χ3n) is 3.14. The summed E-state index contributed by atoms with van der Waals surface area (Å²) in [5.41, 5.74) is 0.0196. The summed E-state index contributed by atoms with van der Waals surface area (Å²) in [7, 11) is 1.60. The Morgan fingerprint density at radius 2 is 1.90 bits per heavy atom. The van der Waals surface area contributed by atoms with Crippen LogP contribution in [0.4, 0.5) is 4.79 Å². The molecule has 0 spiro atoms. The molecule has 0 saturated heterocycles. The van der Waals surface area contributed by atoms with Crippen LogP contribution in [-0.2, 0) is 11.2 Å². The first-order chi connectivity index (χ1) is 9.86. The SMILES string of the molecule is COc1ccccc1CCNC(=O)NCC(C)(C)C(=O)O. The maximum absolute atomic E-state index is 11.6. The summed E-state index contributed by atoms with van der Waals surface area (Å²) >= 11 is 0. The van der Waals surface area contributed by atoms with Crippen LogP contribution in [0.5, 0.6) is 5.75 Å². The van der Waals surface area contributed by atoms with E-state index in [1.54, 1.807) is 21.0 Å². The van der Waals surface area contributed by atoms with Crippen molar-refractivity contribution in [1.82, 2.24) is 10.6 Å². The first-order valence-electron chi connectivity index (χ1n) is 6.74. The molecule has 0 aliphatic heterocycles. The van der Waals surface area contributed by atoms with E-state index in [1.165, 1.54) is 0 Å². The van der Waals surface area contributed by atoms with Gasteiger partial charge in [0.15, 0.2) is 0 Å². The van der Waals surface area contributed by atoms with Crippen molar-refractivity contribution in [3.8, 4) is 5.75 Å². The van der Waals surface area contributed by atoms with E-state index >= 15 is 0 Å². The largest absolute Gasteiger partial charge is 0.496 e. The number of hydrogen-bond donors (Lipinski definition) is 3. The number of amides is 2. The zero-order chi connectivity index (χ0) is 15.9. The van der Waals surface area contributed by atoms with E-state index in [1.807, 2.05) is 24.3 Å². The number of carbonyl (C=O) groups is 2. The fraction of sp³-hybridized carbons (Fsp3) is 0.467. The highest BCUT2D eigenvalue weighted by Crippen LogP contribution is 2.17. The van der Waals surface area contributed by atoms with Gasteiger partial charge in [-0.25, -0.2) is 4.79 Å². The Morgan fingerprint density at radius 3 is 2.52 bits per heavy atom. The number of para-hydroxylation sites is 1. The third kappa shape index (κ3) is 5.33. The summed E-state index contributed by atoms with van der Waals surface area (Å²) in [6.45, 7) is 3.64. The molecule has 0 aromatic heterocycles. The molecule has 2 amide bonds. The quantitative estimate of drug-likeness (QED) is 0.713. The van der Waals surface area contributed by atoms with Crippen molar-refractivity contribution >= 4 is 12.0 Å². The standard InChI is InChI=1S/C15H22N2O4/c1-15(2,13(18)19)10-17-14(20)16-9-8-11-6-4-5-7-12(11)21-3/h4-7H,8-10H2,1-3H3,(H,18,19)(H2,16,17,20). The lowest BCUT2D eigenvalue weighted by molar-refractivity contribution is -0.146. The number of methoxy groups -OCH3 is 1. The highest BCUT2D eigenvalue weighted by Gasteiger charge is 2.27. The normalized spacial score (nSPS) is 10.8. The average molecular weight is 294 g/mol. The number of carbonyl (C=O) groups excluding carboxylic acids is 1. The van der Waals surface area contributed by atoms with E-state index in [0.717, 1.165) is 11.3 Å². The molecule has 0 aliphatic carbocycles. The van der Waals surface area contributed by atoms with E-state index in [4.69, 9.17) is 9.84 Å². The minimum absolute atomic E-state index is 0.0722. The van der Waals surface area contributed by atoms with Gasteiger partial charge in [0.1, 0.15) is 5.75 Å².